The maximum absolute atomic E-state index is 11.3. The van der Waals surface area contributed by atoms with Gasteiger partial charge in [0.1, 0.15) is 0 Å². The lowest BCUT2D eigenvalue weighted by Crippen LogP contribution is -2.25. The number of aromatic carboxylic acids is 1. The Balaban J connectivity index is 2.90. The van der Waals surface area contributed by atoms with Crippen molar-refractivity contribution in [1.82, 2.24) is 4.98 Å². The summed E-state index contributed by atoms with van der Waals surface area (Å²) in [6.07, 6.45) is 1.27. The number of carboxylic acid groups (broad SMARTS) is 1. The summed E-state index contributed by atoms with van der Waals surface area (Å²) in [7, 11) is 0. The van der Waals surface area contributed by atoms with E-state index < -0.39 is 5.97 Å². The normalized spacial score (nSPS) is 10.3. The molecule has 0 aliphatic heterocycles. The molecule has 0 saturated heterocycles. The molecule has 0 atom stereocenters. The first kappa shape index (κ1) is 10.3. The number of para-hydroxylation sites is 1. The second-order valence-electron chi connectivity index (χ2n) is 3.41. The first-order chi connectivity index (χ1) is 7.61. The van der Waals surface area contributed by atoms with Crippen molar-refractivity contribution in [3.63, 3.8) is 0 Å². The van der Waals surface area contributed by atoms with Crippen LogP contribution in [0.5, 0.6) is 0 Å². The van der Waals surface area contributed by atoms with Crippen LogP contribution in [0.15, 0.2) is 30.5 Å². The maximum Gasteiger partial charge on any atom is 0.162 e. The van der Waals surface area contributed by atoms with Crippen LogP contribution >= 0.6 is 0 Å². The minimum atomic E-state index is -1.36. The Labute approximate surface area is 91.5 Å². The second-order valence-corrected chi connectivity index (χ2v) is 3.41. The fourth-order valence-corrected chi connectivity index (χ4v) is 1.63. The predicted molar refractivity (Wildman–Crippen MR) is 56.1 cm³/mol. The van der Waals surface area contributed by atoms with Gasteiger partial charge >= 0.3 is 0 Å². The minimum Gasteiger partial charge on any atom is -0.545 e. The third-order valence-electron chi connectivity index (χ3n) is 2.36. The molecular weight excluding hydrogens is 206 g/mol. The summed E-state index contributed by atoms with van der Waals surface area (Å²) < 4.78 is 0. The lowest BCUT2D eigenvalue weighted by molar-refractivity contribution is -0.254. The van der Waals surface area contributed by atoms with Crippen molar-refractivity contribution in [1.29, 1.82) is 0 Å². The largest absolute Gasteiger partial charge is 0.545 e. The number of pyridine rings is 1. The van der Waals surface area contributed by atoms with Crippen LogP contribution in [0, 0.1) is 0 Å². The molecule has 0 fully saturated rings. The highest BCUT2D eigenvalue weighted by Gasteiger charge is 2.12. The highest BCUT2D eigenvalue weighted by Crippen LogP contribution is 2.20. The van der Waals surface area contributed by atoms with Gasteiger partial charge in [-0.15, -0.1) is 0 Å². The van der Waals surface area contributed by atoms with E-state index in [2.05, 4.69) is 4.98 Å². The molecule has 4 nitrogen and oxygen atoms in total. The number of ketones is 1. The topological polar surface area (TPSA) is 70.1 Å². The smallest absolute Gasteiger partial charge is 0.162 e. The fourth-order valence-electron chi connectivity index (χ4n) is 1.63. The van der Waals surface area contributed by atoms with Gasteiger partial charge < -0.3 is 9.90 Å². The Morgan fingerprint density at radius 1 is 1.25 bits per heavy atom. The number of nitrogens with zero attached hydrogens (tertiary/aromatic N) is 1. The standard InChI is InChI=1S/C12H9NO3/c1-7(14)9-6-13-10-5-3-2-4-8(10)11(9)12(15)16/h2-6H,1H3,(H,15,16)/p-1. The molecule has 0 amide bonds. The van der Waals surface area contributed by atoms with Gasteiger partial charge in [0.25, 0.3) is 0 Å². The quantitative estimate of drug-likeness (QED) is 0.693. The van der Waals surface area contributed by atoms with E-state index >= 15 is 0 Å². The van der Waals surface area contributed by atoms with Crippen LogP contribution in [0.1, 0.15) is 27.6 Å². The number of hydrogen-bond donors (Lipinski definition) is 0. The summed E-state index contributed by atoms with van der Waals surface area (Å²) in [5, 5.41) is 11.5. The van der Waals surface area contributed by atoms with E-state index in [-0.39, 0.29) is 16.9 Å². The van der Waals surface area contributed by atoms with E-state index in [1.54, 1.807) is 24.3 Å². The van der Waals surface area contributed by atoms with Crippen LogP contribution in [-0.2, 0) is 0 Å². The van der Waals surface area contributed by atoms with Gasteiger partial charge in [0.15, 0.2) is 5.78 Å². The van der Waals surface area contributed by atoms with Crippen molar-refractivity contribution in [3.8, 4) is 0 Å². The highest BCUT2D eigenvalue weighted by molar-refractivity contribution is 6.11. The van der Waals surface area contributed by atoms with Crippen molar-refractivity contribution in [3.05, 3.63) is 41.6 Å². The third-order valence-corrected chi connectivity index (χ3v) is 2.36. The fraction of sp³-hybridized carbons (Fsp3) is 0.0833. The molecule has 1 heterocycles. The molecule has 0 aliphatic carbocycles. The summed E-state index contributed by atoms with van der Waals surface area (Å²) in [4.78, 5) is 26.4. The van der Waals surface area contributed by atoms with Crippen molar-refractivity contribution in [2.24, 2.45) is 0 Å². The van der Waals surface area contributed by atoms with E-state index in [4.69, 9.17) is 0 Å². The summed E-state index contributed by atoms with van der Waals surface area (Å²) >= 11 is 0. The number of hydrogen-bond acceptors (Lipinski definition) is 4. The van der Waals surface area contributed by atoms with Gasteiger partial charge in [0.2, 0.25) is 0 Å². The van der Waals surface area contributed by atoms with Gasteiger partial charge in [-0.2, -0.15) is 0 Å². The van der Waals surface area contributed by atoms with Crippen molar-refractivity contribution >= 4 is 22.7 Å². The lowest BCUT2D eigenvalue weighted by Gasteiger charge is -2.10. The lowest BCUT2D eigenvalue weighted by atomic mass is 10.0. The van der Waals surface area contributed by atoms with Crippen LogP contribution in [0.3, 0.4) is 0 Å². The first-order valence-corrected chi connectivity index (χ1v) is 4.71. The number of benzene rings is 1. The van der Waals surface area contributed by atoms with E-state index in [1.807, 2.05) is 0 Å². The molecule has 80 valence electrons. The van der Waals surface area contributed by atoms with Crippen LogP contribution in [0.4, 0.5) is 0 Å². The van der Waals surface area contributed by atoms with Crippen molar-refractivity contribution in [2.45, 2.75) is 6.92 Å². The maximum atomic E-state index is 11.3. The monoisotopic (exact) mass is 214 g/mol. The first-order valence-electron chi connectivity index (χ1n) is 4.71. The molecule has 1 aromatic heterocycles. The minimum absolute atomic E-state index is 0.0821. The molecule has 0 radical (unpaired) electrons. The van der Waals surface area contributed by atoms with Crippen LogP contribution in [-0.4, -0.2) is 16.7 Å². The molecule has 0 aliphatic rings. The van der Waals surface area contributed by atoms with Crippen LogP contribution in [0.2, 0.25) is 0 Å². The van der Waals surface area contributed by atoms with Gasteiger partial charge in [-0.1, -0.05) is 18.2 Å². The Kier molecular flexibility index (Phi) is 2.40. The molecule has 16 heavy (non-hydrogen) atoms. The Hall–Kier alpha value is -2.23. The molecular formula is C12H8NO3-. The van der Waals surface area contributed by atoms with E-state index in [0.29, 0.717) is 10.9 Å². The van der Waals surface area contributed by atoms with E-state index in [0.717, 1.165) is 0 Å². The molecule has 0 spiro atoms. The number of fused-ring (bicyclic) bond motifs is 1. The zero-order valence-electron chi connectivity index (χ0n) is 8.56. The number of aromatic nitrogens is 1. The number of carbonyl (C=O) groups is 2. The SMILES string of the molecule is CC(=O)c1cnc2ccccc2c1C(=O)[O-]. The van der Waals surface area contributed by atoms with Gasteiger partial charge in [-0.25, -0.2) is 0 Å². The van der Waals surface area contributed by atoms with Crippen molar-refractivity contribution in [2.75, 3.05) is 0 Å². The van der Waals surface area contributed by atoms with Crippen molar-refractivity contribution < 1.29 is 14.7 Å². The van der Waals surface area contributed by atoms with Gasteiger partial charge in [0, 0.05) is 22.7 Å². The zero-order chi connectivity index (χ0) is 11.7. The Morgan fingerprint density at radius 2 is 1.94 bits per heavy atom. The number of carbonyl (C=O) groups excluding carboxylic acids is 2. The highest BCUT2D eigenvalue weighted by atomic mass is 16.4. The van der Waals surface area contributed by atoms with E-state index in [9.17, 15) is 14.7 Å². The molecule has 0 unspecified atom stereocenters. The second kappa shape index (κ2) is 3.73. The molecule has 2 aromatic rings. The number of rotatable bonds is 2. The summed E-state index contributed by atoms with van der Waals surface area (Å²) in [6, 6.07) is 6.74. The number of Topliss-reactive ketones (excluding diaryl/α,β-unsaturated/α-hetero) is 1. The Morgan fingerprint density at radius 3 is 2.56 bits per heavy atom. The Bertz CT molecular complexity index is 590. The zero-order valence-corrected chi connectivity index (χ0v) is 8.56. The molecule has 0 N–H and O–H groups in total. The molecule has 1 aromatic carbocycles. The van der Waals surface area contributed by atoms with Gasteiger partial charge in [-0.05, 0) is 13.0 Å². The third kappa shape index (κ3) is 1.54. The summed E-state index contributed by atoms with van der Waals surface area (Å²) in [5.41, 5.74) is 0.531. The van der Waals surface area contributed by atoms with Gasteiger partial charge in [0.05, 0.1) is 11.5 Å². The molecule has 4 heteroatoms. The molecule has 2 rings (SSSR count). The predicted octanol–water partition coefficient (Wildman–Crippen LogP) is 0.801. The average molecular weight is 214 g/mol. The molecule has 0 saturated carbocycles. The summed E-state index contributed by atoms with van der Waals surface area (Å²) in [6.45, 7) is 1.30. The van der Waals surface area contributed by atoms with Crippen LogP contribution in [0.25, 0.3) is 10.9 Å². The average Bonchev–Trinajstić information content (AvgIpc) is 2.27. The van der Waals surface area contributed by atoms with E-state index in [1.165, 1.54) is 13.1 Å². The molecule has 0 bridgehead atoms. The van der Waals surface area contributed by atoms with Crippen LogP contribution < -0.4 is 5.11 Å². The summed E-state index contributed by atoms with van der Waals surface area (Å²) in [5.74, 6) is -1.69. The van der Waals surface area contributed by atoms with Gasteiger partial charge in [-0.3, -0.25) is 9.78 Å². The number of carboxylic acids is 1.